The smallest absolute Gasteiger partial charge is 0.124 e. The average Bonchev–Trinajstić information content (AvgIpc) is 2.37. The first-order valence-electron chi connectivity index (χ1n) is 6.21. The Balaban J connectivity index is 2.49. The Bertz CT molecular complexity index is 493. The fraction of sp³-hybridized carbons (Fsp3) is 0.333. The normalized spacial score (nSPS) is 10.7. The van der Waals surface area contributed by atoms with Gasteiger partial charge in [0.25, 0.3) is 0 Å². The lowest BCUT2D eigenvalue weighted by Gasteiger charge is -2.13. The highest BCUT2D eigenvalue weighted by molar-refractivity contribution is 5.87. The molecule has 2 aromatic rings. The molecule has 0 spiro atoms. The van der Waals surface area contributed by atoms with Gasteiger partial charge in [0.15, 0.2) is 0 Å². The number of hydrogen-bond acceptors (Lipinski definition) is 2. The molecule has 2 aromatic carbocycles. The monoisotopic (exact) mass is 229 g/mol. The van der Waals surface area contributed by atoms with E-state index < -0.39 is 0 Å². The van der Waals surface area contributed by atoms with Crippen LogP contribution in [0, 0.1) is 0 Å². The Kier molecular flexibility index (Phi) is 3.99. The van der Waals surface area contributed by atoms with E-state index in [9.17, 15) is 0 Å². The van der Waals surface area contributed by atoms with Crippen LogP contribution in [-0.4, -0.2) is 13.2 Å². The lowest BCUT2D eigenvalue weighted by atomic mass is 10.0. The summed E-state index contributed by atoms with van der Waals surface area (Å²) in [6, 6.07) is 12.6. The molecule has 2 rings (SSSR count). The molecule has 0 atom stereocenters. The van der Waals surface area contributed by atoms with Crippen LogP contribution in [0.4, 0.5) is 0 Å². The summed E-state index contributed by atoms with van der Waals surface area (Å²) in [5.74, 6) is 0.993. The summed E-state index contributed by atoms with van der Waals surface area (Å²) < 4.78 is 5.70. The van der Waals surface area contributed by atoms with Crippen LogP contribution in [0.1, 0.15) is 19.4 Å². The molecule has 90 valence electrons. The van der Waals surface area contributed by atoms with E-state index in [4.69, 9.17) is 4.74 Å². The number of nitrogens with one attached hydrogen (secondary N) is 1. The lowest BCUT2D eigenvalue weighted by Crippen LogP contribution is -2.13. The van der Waals surface area contributed by atoms with Crippen molar-refractivity contribution in [2.45, 2.75) is 20.4 Å². The van der Waals surface area contributed by atoms with Gasteiger partial charge in [-0.3, -0.25) is 0 Å². The molecule has 0 saturated heterocycles. The van der Waals surface area contributed by atoms with Crippen molar-refractivity contribution in [1.82, 2.24) is 5.32 Å². The summed E-state index contributed by atoms with van der Waals surface area (Å²) in [4.78, 5) is 0. The molecule has 0 unspecified atom stereocenters. The van der Waals surface area contributed by atoms with E-state index in [0.29, 0.717) is 6.61 Å². The first-order chi connectivity index (χ1) is 8.36. The Morgan fingerprint density at radius 3 is 2.65 bits per heavy atom. The number of rotatable bonds is 5. The van der Waals surface area contributed by atoms with Crippen molar-refractivity contribution < 1.29 is 4.74 Å². The lowest BCUT2D eigenvalue weighted by molar-refractivity contribution is 0.336. The minimum absolute atomic E-state index is 0.706. The van der Waals surface area contributed by atoms with Gasteiger partial charge in [0, 0.05) is 12.1 Å². The van der Waals surface area contributed by atoms with Crippen LogP contribution in [0.2, 0.25) is 0 Å². The SMILES string of the molecule is CCNCc1c(OCC)ccc2ccccc12. The molecule has 1 N–H and O–H groups in total. The summed E-state index contributed by atoms with van der Waals surface area (Å²) in [5.41, 5.74) is 1.26. The first kappa shape index (κ1) is 11.9. The minimum Gasteiger partial charge on any atom is -0.494 e. The van der Waals surface area contributed by atoms with Crippen molar-refractivity contribution in [2.75, 3.05) is 13.2 Å². The van der Waals surface area contributed by atoms with E-state index in [1.807, 2.05) is 6.92 Å². The molecule has 0 aromatic heterocycles. The van der Waals surface area contributed by atoms with Gasteiger partial charge in [0.05, 0.1) is 6.61 Å². The van der Waals surface area contributed by atoms with Gasteiger partial charge in [-0.25, -0.2) is 0 Å². The van der Waals surface area contributed by atoms with E-state index in [2.05, 4.69) is 48.6 Å². The largest absolute Gasteiger partial charge is 0.494 e. The predicted octanol–water partition coefficient (Wildman–Crippen LogP) is 3.35. The topological polar surface area (TPSA) is 21.3 Å². The molecule has 0 aliphatic carbocycles. The molecule has 17 heavy (non-hydrogen) atoms. The molecule has 0 radical (unpaired) electrons. The van der Waals surface area contributed by atoms with Crippen molar-refractivity contribution >= 4 is 10.8 Å². The summed E-state index contributed by atoms with van der Waals surface area (Å²) in [7, 11) is 0. The van der Waals surface area contributed by atoms with Gasteiger partial charge in [0.2, 0.25) is 0 Å². The summed E-state index contributed by atoms with van der Waals surface area (Å²) >= 11 is 0. The molecule has 2 nitrogen and oxygen atoms in total. The maximum absolute atomic E-state index is 5.70. The summed E-state index contributed by atoms with van der Waals surface area (Å²) in [6.07, 6.45) is 0. The molecule has 0 amide bonds. The highest BCUT2D eigenvalue weighted by atomic mass is 16.5. The second-order valence-corrected chi connectivity index (χ2v) is 3.98. The molecule has 0 aliphatic rings. The standard InChI is InChI=1S/C15H19NO/c1-3-16-11-14-13-8-6-5-7-12(13)9-10-15(14)17-4-2/h5-10,16H,3-4,11H2,1-2H3. The minimum atomic E-state index is 0.706. The van der Waals surface area contributed by atoms with Crippen molar-refractivity contribution in [1.29, 1.82) is 0 Å². The zero-order valence-electron chi connectivity index (χ0n) is 10.5. The van der Waals surface area contributed by atoms with Crippen molar-refractivity contribution in [3.05, 3.63) is 42.0 Å². The van der Waals surface area contributed by atoms with E-state index in [1.165, 1.54) is 16.3 Å². The van der Waals surface area contributed by atoms with Gasteiger partial charge in [0.1, 0.15) is 5.75 Å². The maximum Gasteiger partial charge on any atom is 0.124 e. The average molecular weight is 229 g/mol. The first-order valence-corrected chi connectivity index (χ1v) is 6.21. The van der Waals surface area contributed by atoms with Gasteiger partial charge in [-0.2, -0.15) is 0 Å². The molecular weight excluding hydrogens is 210 g/mol. The van der Waals surface area contributed by atoms with Crippen molar-refractivity contribution in [3.8, 4) is 5.75 Å². The summed E-state index contributed by atoms with van der Waals surface area (Å²) in [6.45, 7) is 6.66. The van der Waals surface area contributed by atoms with Crippen molar-refractivity contribution in [3.63, 3.8) is 0 Å². The van der Waals surface area contributed by atoms with E-state index >= 15 is 0 Å². The van der Waals surface area contributed by atoms with Crippen LogP contribution in [0.15, 0.2) is 36.4 Å². The number of benzene rings is 2. The third-order valence-corrected chi connectivity index (χ3v) is 2.85. The summed E-state index contributed by atoms with van der Waals surface area (Å²) in [5, 5.41) is 5.92. The quantitative estimate of drug-likeness (QED) is 0.849. The number of ether oxygens (including phenoxy) is 1. The van der Waals surface area contributed by atoms with Gasteiger partial charge >= 0.3 is 0 Å². The molecule has 0 saturated carbocycles. The third kappa shape index (κ3) is 2.59. The third-order valence-electron chi connectivity index (χ3n) is 2.85. The second kappa shape index (κ2) is 5.69. The molecule has 2 heteroatoms. The zero-order valence-corrected chi connectivity index (χ0v) is 10.5. The van der Waals surface area contributed by atoms with Gasteiger partial charge in [-0.15, -0.1) is 0 Å². The number of fused-ring (bicyclic) bond motifs is 1. The molecule has 0 fully saturated rings. The van der Waals surface area contributed by atoms with E-state index in [0.717, 1.165) is 18.8 Å². The maximum atomic E-state index is 5.70. The molecule has 0 bridgehead atoms. The fourth-order valence-corrected chi connectivity index (χ4v) is 2.04. The second-order valence-electron chi connectivity index (χ2n) is 3.98. The Morgan fingerprint density at radius 2 is 1.88 bits per heavy atom. The Morgan fingerprint density at radius 1 is 1.06 bits per heavy atom. The van der Waals surface area contributed by atoms with Crippen LogP contribution in [0.25, 0.3) is 10.8 Å². The molecular formula is C15H19NO. The highest BCUT2D eigenvalue weighted by Crippen LogP contribution is 2.28. The van der Waals surface area contributed by atoms with Gasteiger partial charge in [-0.05, 0) is 30.3 Å². The van der Waals surface area contributed by atoms with Crippen LogP contribution in [0.5, 0.6) is 5.75 Å². The predicted molar refractivity (Wildman–Crippen MR) is 72.5 cm³/mol. The van der Waals surface area contributed by atoms with Crippen LogP contribution in [-0.2, 0) is 6.54 Å². The Hall–Kier alpha value is -1.54. The Labute approximate surface area is 103 Å². The molecule has 0 heterocycles. The van der Waals surface area contributed by atoms with Gasteiger partial charge < -0.3 is 10.1 Å². The van der Waals surface area contributed by atoms with Crippen molar-refractivity contribution in [2.24, 2.45) is 0 Å². The van der Waals surface area contributed by atoms with Gasteiger partial charge in [-0.1, -0.05) is 37.3 Å². The zero-order chi connectivity index (χ0) is 12.1. The van der Waals surface area contributed by atoms with E-state index in [-0.39, 0.29) is 0 Å². The van der Waals surface area contributed by atoms with Crippen LogP contribution < -0.4 is 10.1 Å². The highest BCUT2D eigenvalue weighted by Gasteiger charge is 2.07. The van der Waals surface area contributed by atoms with Crippen LogP contribution >= 0.6 is 0 Å². The number of hydrogen-bond donors (Lipinski definition) is 1. The van der Waals surface area contributed by atoms with E-state index in [1.54, 1.807) is 0 Å². The molecule has 0 aliphatic heterocycles. The fourth-order valence-electron chi connectivity index (χ4n) is 2.04. The van der Waals surface area contributed by atoms with Crippen LogP contribution in [0.3, 0.4) is 0 Å².